The monoisotopic (exact) mass is 280 g/mol. The lowest BCUT2D eigenvalue weighted by molar-refractivity contribution is 0.0269. The van der Waals surface area contributed by atoms with Crippen LogP contribution in [-0.2, 0) is 24.9 Å². The lowest BCUT2D eigenvalue weighted by atomic mass is 9.83. The van der Waals surface area contributed by atoms with Gasteiger partial charge in [-0.3, -0.25) is 0 Å². The molecule has 0 amide bonds. The highest BCUT2D eigenvalue weighted by molar-refractivity contribution is 5.37. The zero-order valence-electron chi connectivity index (χ0n) is 12.8. The van der Waals surface area contributed by atoms with Gasteiger partial charge in [0, 0.05) is 6.42 Å². The van der Waals surface area contributed by atoms with E-state index in [-0.39, 0.29) is 0 Å². The van der Waals surface area contributed by atoms with Crippen molar-refractivity contribution < 1.29 is 5.11 Å². The van der Waals surface area contributed by atoms with Gasteiger partial charge >= 0.3 is 0 Å². The first-order valence-electron chi connectivity index (χ1n) is 8.10. The van der Waals surface area contributed by atoms with Gasteiger partial charge in [-0.1, -0.05) is 61.9 Å². The number of hydrogen-bond donors (Lipinski definition) is 1. The van der Waals surface area contributed by atoms with Crippen molar-refractivity contribution in [1.82, 2.24) is 0 Å². The van der Waals surface area contributed by atoms with Crippen LogP contribution in [0, 0.1) is 0 Å². The largest absolute Gasteiger partial charge is 0.385 e. The average Bonchev–Trinajstić information content (AvgIpc) is 2.96. The van der Waals surface area contributed by atoms with Gasteiger partial charge < -0.3 is 5.11 Å². The smallest absolute Gasteiger partial charge is 0.0936 e. The fourth-order valence-electron chi connectivity index (χ4n) is 3.57. The Labute approximate surface area is 127 Å². The molecule has 0 saturated carbocycles. The van der Waals surface area contributed by atoms with Gasteiger partial charge in [-0.05, 0) is 47.9 Å². The topological polar surface area (TPSA) is 20.2 Å². The fraction of sp³-hybridized carbons (Fsp3) is 0.400. The Morgan fingerprint density at radius 2 is 1.76 bits per heavy atom. The summed E-state index contributed by atoms with van der Waals surface area (Å²) in [5.41, 5.74) is 4.53. The number of fused-ring (bicyclic) bond motifs is 1. The van der Waals surface area contributed by atoms with E-state index in [9.17, 15) is 5.11 Å². The minimum absolute atomic E-state index is 0.706. The molecule has 1 N–H and O–H groups in total. The predicted octanol–water partition coefficient (Wildman–Crippen LogP) is 4.41. The molecule has 0 saturated heterocycles. The van der Waals surface area contributed by atoms with Crippen LogP contribution >= 0.6 is 0 Å². The highest BCUT2D eigenvalue weighted by atomic mass is 16.3. The molecule has 1 aliphatic rings. The van der Waals surface area contributed by atoms with Crippen molar-refractivity contribution in [1.29, 1.82) is 0 Å². The average molecular weight is 280 g/mol. The molecule has 1 unspecified atom stereocenters. The molecule has 2 aromatic rings. The standard InChI is InChI=1S/C20H24O/c1-2-13-20(21,19-9-4-3-5-10-19)15-16-11-12-17-7-6-8-18(17)14-16/h3-5,9-12,14,21H,2,6-8,13,15H2,1H3. The van der Waals surface area contributed by atoms with Crippen LogP contribution in [-0.4, -0.2) is 5.11 Å². The lowest BCUT2D eigenvalue weighted by Gasteiger charge is -2.29. The second kappa shape index (κ2) is 6.03. The molecule has 2 aromatic carbocycles. The number of aryl methyl sites for hydroxylation is 2. The van der Waals surface area contributed by atoms with Gasteiger partial charge in [0.25, 0.3) is 0 Å². The van der Waals surface area contributed by atoms with E-state index in [1.54, 1.807) is 0 Å². The van der Waals surface area contributed by atoms with Crippen LogP contribution in [0.4, 0.5) is 0 Å². The molecule has 1 atom stereocenters. The molecule has 0 heterocycles. The molecule has 0 aliphatic heterocycles. The number of aliphatic hydroxyl groups is 1. The van der Waals surface area contributed by atoms with Crippen LogP contribution in [0.15, 0.2) is 48.5 Å². The fourth-order valence-corrected chi connectivity index (χ4v) is 3.57. The highest BCUT2D eigenvalue weighted by Crippen LogP contribution is 2.32. The summed E-state index contributed by atoms with van der Waals surface area (Å²) in [6, 6.07) is 16.9. The molecule has 0 aromatic heterocycles. The summed E-state index contributed by atoms with van der Waals surface area (Å²) >= 11 is 0. The summed E-state index contributed by atoms with van der Waals surface area (Å²) in [4.78, 5) is 0. The maximum absolute atomic E-state index is 11.2. The normalized spacial score (nSPS) is 16.5. The molecule has 3 rings (SSSR count). The Morgan fingerprint density at radius 1 is 1.00 bits per heavy atom. The zero-order chi connectivity index (χ0) is 14.7. The van der Waals surface area contributed by atoms with Crippen LogP contribution in [0.5, 0.6) is 0 Å². The molecule has 0 spiro atoms. The molecule has 1 nitrogen and oxygen atoms in total. The Morgan fingerprint density at radius 3 is 2.52 bits per heavy atom. The first kappa shape index (κ1) is 14.3. The Balaban J connectivity index is 1.88. The van der Waals surface area contributed by atoms with Crippen LogP contribution in [0.25, 0.3) is 0 Å². The molecule has 0 radical (unpaired) electrons. The van der Waals surface area contributed by atoms with Gasteiger partial charge in [0.15, 0.2) is 0 Å². The molecule has 0 bridgehead atoms. The number of benzene rings is 2. The van der Waals surface area contributed by atoms with Gasteiger partial charge in [0.2, 0.25) is 0 Å². The van der Waals surface area contributed by atoms with Gasteiger partial charge in [0.05, 0.1) is 5.60 Å². The minimum atomic E-state index is -0.747. The predicted molar refractivity (Wildman–Crippen MR) is 87.4 cm³/mol. The second-order valence-electron chi connectivity index (χ2n) is 6.28. The second-order valence-corrected chi connectivity index (χ2v) is 6.28. The van der Waals surface area contributed by atoms with E-state index >= 15 is 0 Å². The van der Waals surface area contributed by atoms with Crippen LogP contribution in [0.3, 0.4) is 0 Å². The van der Waals surface area contributed by atoms with E-state index in [0.717, 1.165) is 18.4 Å². The summed E-state index contributed by atoms with van der Waals surface area (Å²) in [5.74, 6) is 0. The minimum Gasteiger partial charge on any atom is -0.385 e. The molecule has 1 heteroatoms. The van der Waals surface area contributed by atoms with Crippen LogP contribution < -0.4 is 0 Å². The maximum Gasteiger partial charge on any atom is 0.0936 e. The third kappa shape index (κ3) is 3.03. The number of hydrogen-bond acceptors (Lipinski definition) is 1. The Hall–Kier alpha value is -1.60. The van der Waals surface area contributed by atoms with E-state index in [0.29, 0.717) is 6.42 Å². The molecule has 1 aliphatic carbocycles. The van der Waals surface area contributed by atoms with E-state index in [1.807, 2.05) is 30.3 Å². The Kier molecular flexibility index (Phi) is 4.12. The van der Waals surface area contributed by atoms with Crippen molar-refractivity contribution in [2.45, 2.75) is 51.0 Å². The first-order chi connectivity index (χ1) is 10.2. The van der Waals surface area contributed by atoms with Crippen LogP contribution in [0.2, 0.25) is 0 Å². The first-order valence-corrected chi connectivity index (χ1v) is 8.10. The third-order valence-electron chi connectivity index (χ3n) is 4.63. The molecular formula is C20H24O. The van der Waals surface area contributed by atoms with Gasteiger partial charge in [-0.2, -0.15) is 0 Å². The van der Waals surface area contributed by atoms with Gasteiger partial charge in [0.1, 0.15) is 0 Å². The van der Waals surface area contributed by atoms with Crippen molar-refractivity contribution in [3.05, 3.63) is 70.8 Å². The van der Waals surface area contributed by atoms with Crippen molar-refractivity contribution in [2.24, 2.45) is 0 Å². The summed E-state index contributed by atoms with van der Waals surface area (Å²) in [5, 5.41) is 11.2. The van der Waals surface area contributed by atoms with E-state index < -0.39 is 5.60 Å². The van der Waals surface area contributed by atoms with Gasteiger partial charge in [-0.25, -0.2) is 0 Å². The highest BCUT2D eigenvalue weighted by Gasteiger charge is 2.28. The van der Waals surface area contributed by atoms with E-state index in [1.165, 1.54) is 36.0 Å². The quantitative estimate of drug-likeness (QED) is 0.860. The van der Waals surface area contributed by atoms with E-state index in [2.05, 4.69) is 25.1 Å². The third-order valence-corrected chi connectivity index (χ3v) is 4.63. The van der Waals surface area contributed by atoms with Crippen molar-refractivity contribution in [2.75, 3.05) is 0 Å². The summed E-state index contributed by atoms with van der Waals surface area (Å²) < 4.78 is 0. The summed E-state index contributed by atoms with van der Waals surface area (Å²) in [6.07, 6.45) is 6.17. The van der Waals surface area contributed by atoms with Crippen molar-refractivity contribution in [3.63, 3.8) is 0 Å². The zero-order valence-corrected chi connectivity index (χ0v) is 12.8. The lowest BCUT2D eigenvalue weighted by Crippen LogP contribution is -2.28. The van der Waals surface area contributed by atoms with Crippen LogP contribution in [0.1, 0.15) is 48.4 Å². The van der Waals surface area contributed by atoms with Crippen molar-refractivity contribution >= 4 is 0 Å². The molecular weight excluding hydrogens is 256 g/mol. The molecule has 0 fully saturated rings. The van der Waals surface area contributed by atoms with Crippen molar-refractivity contribution in [3.8, 4) is 0 Å². The summed E-state index contributed by atoms with van der Waals surface area (Å²) in [7, 11) is 0. The maximum atomic E-state index is 11.2. The molecule has 21 heavy (non-hydrogen) atoms. The number of rotatable bonds is 5. The SMILES string of the molecule is CCCC(O)(Cc1ccc2c(c1)CCC2)c1ccccc1. The Bertz CT molecular complexity index is 602. The van der Waals surface area contributed by atoms with Gasteiger partial charge in [-0.15, -0.1) is 0 Å². The summed E-state index contributed by atoms with van der Waals surface area (Å²) in [6.45, 7) is 2.14. The molecule has 110 valence electrons. The van der Waals surface area contributed by atoms with E-state index in [4.69, 9.17) is 0 Å².